The van der Waals surface area contributed by atoms with Crippen LogP contribution in [0.4, 0.5) is 5.69 Å². The summed E-state index contributed by atoms with van der Waals surface area (Å²) in [4.78, 5) is 17.4. The molecule has 8 nitrogen and oxygen atoms in total. The zero-order chi connectivity index (χ0) is 23.4. The SMILES string of the molecule is CCc1ccc(-c2nc(SC(C)C(=O)Nc3ccc(S(=O)(=O)N4CCCC4)cc3)n[nH]2)cc1. The van der Waals surface area contributed by atoms with Crippen LogP contribution in [0.1, 0.15) is 32.3 Å². The minimum atomic E-state index is -3.47. The first-order valence-corrected chi connectivity index (χ1v) is 13.3. The van der Waals surface area contributed by atoms with E-state index in [1.165, 1.54) is 33.8 Å². The maximum absolute atomic E-state index is 12.6. The number of benzene rings is 2. The molecule has 1 aliphatic heterocycles. The van der Waals surface area contributed by atoms with Gasteiger partial charge >= 0.3 is 0 Å². The average molecular weight is 486 g/mol. The number of aromatic nitrogens is 3. The zero-order valence-electron chi connectivity index (χ0n) is 18.6. The lowest BCUT2D eigenvalue weighted by atomic mass is 10.1. The van der Waals surface area contributed by atoms with Crippen molar-refractivity contribution in [1.82, 2.24) is 19.5 Å². The Morgan fingerprint density at radius 2 is 1.79 bits per heavy atom. The van der Waals surface area contributed by atoms with E-state index in [1.807, 2.05) is 12.1 Å². The number of H-pyrrole nitrogens is 1. The third-order valence-corrected chi connectivity index (χ3v) is 8.45. The van der Waals surface area contributed by atoms with Gasteiger partial charge in [0.05, 0.1) is 10.1 Å². The Kier molecular flexibility index (Phi) is 7.16. The van der Waals surface area contributed by atoms with E-state index < -0.39 is 15.3 Å². The molecule has 2 N–H and O–H groups in total. The van der Waals surface area contributed by atoms with E-state index in [1.54, 1.807) is 19.1 Å². The molecule has 0 bridgehead atoms. The maximum atomic E-state index is 12.6. The van der Waals surface area contributed by atoms with Gasteiger partial charge in [-0.3, -0.25) is 9.89 Å². The van der Waals surface area contributed by atoms with Crippen molar-refractivity contribution in [2.24, 2.45) is 0 Å². The molecular weight excluding hydrogens is 458 g/mol. The number of amides is 1. The summed E-state index contributed by atoms with van der Waals surface area (Å²) in [5.74, 6) is 0.441. The number of thioether (sulfide) groups is 1. The number of nitrogens with one attached hydrogen (secondary N) is 2. The predicted molar refractivity (Wildman–Crippen MR) is 130 cm³/mol. The van der Waals surface area contributed by atoms with Crippen molar-refractivity contribution in [3.05, 3.63) is 54.1 Å². The third kappa shape index (κ3) is 5.45. The van der Waals surface area contributed by atoms with Gasteiger partial charge in [0.1, 0.15) is 0 Å². The zero-order valence-corrected chi connectivity index (χ0v) is 20.2. The van der Waals surface area contributed by atoms with Crippen LogP contribution in [0.5, 0.6) is 0 Å². The lowest BCUT2D eigenvalue weighted by molar-refractivity contribution is -0.115. The first-order chi connectivity index (χ1) is 15.9. The van der Waals surface area contributed by atoms with Crippen LogP contribution in [0.3, 0.4) is 0 Å². The molecule has 1 saturated heterocycles. The number of aromatic amines is 1. The van der Waals surface area contributed by atoms with Crippen LogP contribution in [-0.2, 0) is 21.2 Å². The van der Waals surface area contributed by atoms with Crippen LogP contribution >= 0.6 is 11.8 Å². The van der Waals surface area contributed by atoms with Gasteiger partial charge in [-0.05, 0) is 56.0 Å². The highest BCUT2D eigenvalue weighted by Gasteiger charge is 2.27. The Labute approximate surface area is 198 Å². The standard InChI is InChI=1S/C23H27N5O3S2/c1-3-17-6-8-18(9-7-17)21-25-23(27-26-21)32-16(2)22(29)24-19-10-12-20(13-11-19)33(30,31)28-14-4-5-15-28/h6-13,16H,3-5,14-15H2,1-2H3,(H,24,29)(H,25,26,27). The van der Waals surface area contributed by atoms with Gasteiger partial charge in [-0.1, -0.05) is 43.0 Å². The first kappa shape index (κ1) is 23.5. The van der Waals surface area contributed by atoms with Gasteiger partial charge in [-0.2, -0.15) is 4.31 Å². The Hall–Kier alpha value is -2.69. The molecule has 2 heterocycles. The Morgan fingerprint density at radius 1 is 1.12 bits per heavy atom. The average Bonchev–Trinajstić information content (AvgIpc) is 3.52. The normalized spacial score (nSPS) is 15.5. The minimum Gasteiger partial charge on any atom is -0.325 e. The Bertz CT molecular complexity index is 1200. The van der Waals surface area contributed by atoms with Gasteiger partial charge in [-0.15, -0.1) is 5.10 Å². The van der Waals surface area contributed by atoms with Crippen molar-refractivity contribution in [3.8, 4) is 11.4 Å². The van der Waals surface area contributed by atoms with Gasteiger partial charge in [0.2, 0.25) is 21.1 Å². The van der Waals surface area contributed by atoms with E-state index in [0.29, 0.717) is 29.8 Å². The van der Waals surface area contributed by atoms with E-state index in [9.17, 15) is 13.2 Å². The molecule has 0 radical (unpaired) electrons. The van der Waals surface area contributed by atoms with Crippen molar-refractivity contribution in [2.45, 2.75) is 48.4 Å². The van der Waals surface area contributed by atoms with E-state index >= 15 is 0 Å². The summed E-state index contributed by atoms with van der Waals surface area (Å²) < 4.78 is 26.8. The van der Waals surface area contributed by atoms with E-state index in [4.69, 9.17) is 0 Å². The summed E-state index contributed by atoms with van der Waals surface area (Å²) in [7, 11) is -3.47. The van der Waals surface area contributed by atoms with Crippen LogP contribution in [-0.4, -0.2) is 52.2 Å². The summed E-state index contributed by atoms with van der Waals surface area (Å²) in [5, 5.41) is 10.0. The highest BCUT2D eigenvalue weighted by atomic mass is 32.2. The third-order valence-electron chi connectivity index (χ3n) is 5.58. The molecule has 174 valence electrons. The number of carbonyl (C=O) groups excluding carboxylic acids is 1. The number of rotatable bonds is 8. The van der Waals surface area contributed by atoms with Crippen molar-refractivity contribution in [3.63, 3.8) is 0 Å². The van der Waals surface area contributed by atoms with Gasteiger partial charge in [0, 0.05) is 24.3 Å². The molecule has 1 fully saturated rings. The topological polar surface area (TPSA) is 108 Å². The lowest BCUT2D eigenvalue weighted by Gasteiger charge is -2.16. The van der Waals surface area contributed by atoms with Gasteiger partial charge in [0.15, 0.2) is 5.82 Å². The second kappa shape index (κ2) is 10.1. The van der Waals surface area contributed by atoms with Gasteiger partial charge in [-0.25, -0.2) is 13.4 Å². The monoisotopic (exact) mass is 485 g/mol. The fraction of sp³-hybridized carbons (Fsp3) is 0.348. The smallest absolute Gasteiger partial charge is 0.243 e. The quantitative estimate of drug-likeness (QED) is 0.468. The molecule has 1 amide bonds. The summed E-state index contributed by atoms with van der Waals surface area (Å²) >= 11 is 1.25. The number of sulfonamides is 1. The molecule has 3 aromatic rings. The number of anilines is 1. The van der Waals surface area contributed by atoms with Crippen LogP contribution < -0.4 is 5.32 Å². The van der Waals surface area contributed by atoms with Crippen molar-refractivity contribution < 1.29 is 13.2 Å². The fourth-order valence-corrected chi connectivity index (χ4v) is 5.81. The maximum Gasteiger partial charge on any atom is 0.243 e. The Balaban J connectivity index is 1.35. The number of hydrogen-bond donors (Lipinski definition) is 2. The molecule has 1 aliphatic rings. The largest absolute Gasteiger partial charge is 0.325 e. The molecule has 4 rings (SSSR count). The summed E-state index contributed by atoms with van der Waals surface area (Å²) in [5.41, 5.74) is 2.73. The molecule has 1 aromatic heterocycles. The molecule has 2 aromatic carbocycles. The van der Waals surface area contributed by atoms with Crippen molar-refractivity contribution in [1.29, 1.82) is 0 Å². The van der Waals surface area contributed by atoms with Crippen LogP contribution in [0.25, 0.3) is 11.4 Å². The molecule has 10 heteroatoms. The second-order valence-electron chi connectivity index (χ2n) is 7.90. The summed E-state index contributed by atoms with van der Waals surface area (Å²) in [6.45, 7) is 5.00. The molecule has 1 atom stereocenters. The summed E-state index contributed by atoms with van der Waals surface area (Å²) in [6, 6.07) is 14.4. The number of nitrogens with zero attached hydrogens (tertiary/aromatic N) is 3. The number of aryl methyl sites for hydroxylation is 1. The molecular formula is C23H27N5O3S2. The highest BCUT2D eigenvalue weighted by Crippen LogP contribution is 2.25. The van der Waals surface area contributed by atoms with Crippen LogP contribution in [0.2, 0.25) is 0 Å². The van der Waals surface area contributed by atoms with Crippen LogP contribution in [0.15, 0.2) is 58.6 Å². The van der Waals surface area contributed by atoms with E-state index in [-0.39, 0.29) is 10.8 Å². The van der Waals surface area contributed by atoms with Crippen molar-refractivity contribution >= 4 is 33.4 Å². The molecule has 0 saturated carbocycles. The van der Waals surface area contributed by atoms with Crippen LogP contribution in [0, 0.1) is 0 Å². The molecule has 0 spiro atoms. The van der Waals surface area contributed by atoms with E-state index in [2.05, 4.69) is 39.6 Å². The minimum absolute atomic E-state index is 0.214. The lowest BCUT2D eigenvalue weighted by Crippen LogP contribution is -2.27. The molecule has 1 unspecified atom stereocenters. The highest BCUT2D eigenvalue weighted by molar-refractivity contribution is 8.00. The Morgan fingerprint density at radius 3 is 2.42 bits per heavy atom. The number of hydrogen-bond acceptors (Lipinski definition) is 6. The molecule has 33 heavy (non-hydrogen) atoms. The molecule has 0 aliphatic carbocycles. The van der Waals surface area contributed by atoms with Gasteiger partial charge in [0.25, 0.3) is 0 Å². The fourth-order valence-electron chi connectivity index (χ4n) is 3.57. The predicted octanol–water partition coefficient (Wildman–Crippen LogP) is 3.94. The van der Waals surface area contributed by atoms with Gasteiger partial charge < -0.3 is 5.32 Å². The second-order valence-corrected chi connectivity index (χ2v) is 11.1. The number of carbonyl (C=O) groups is 1. The first-order valence-electron chi connectivity index (χ1n) is 11.0. The van der Waals surface area contributed by atoms with E-state index in [0.717, 1.165) is 24.8 Å². The summed E-state index contributed by atoms with van der Waals surface area (Å²) in [6.07, 6.45) is 2.75. The van der Waals surface area contributed by atoms with Crippen molar-refractivity contribution in [2.75, 3.05) is 18.4 Å².